The Morgan fingerprint density at radius 2 is 2.06 bits per heavy atom. The third kappa shape index (κ3) is 2.26. The summed E-state index contributed by atoms with van der Waals surface area (Å²) in [7, 11) is -3.63. The van der Waals surface area contributed by atoms with E-state index >= 15 is 0 Å². The van der Waals surface area contributed by atoms with Crippen LogP contribution in [0.2, 0.25) is 5.02 Å². The van der Waals surface area contributed by atoms with Gasteiger partial charge in [-0.15, -0.1) is 0 Å². The van der Waals surface area contributed by atoms with Crippen molar-refractivity contribution in [3.8, 4) is 0 Å². The smallest absolute Gasteiger partial charge is 0.245 e. The van der Waals surface area contributed by atoms with Crippen molar-refractivity contribution in [2.45, 2.75) is 17.4 Å². The molecular formula is C10H13ClN2O3S. The summed E-state index contributed by atoms with van der Waals surface area (Å²) < 4.78 is 25.4. The van der Waals surface area contributed by atoms with Gasteiger partial charge in [-0.1, -0.05) is 11.6 Å². The lowest BCUT2D eigenvalue weighted by atomic mass is 10.0. The standard InChI is InChI=1S/C10H13ClN2O3S/c1-10(14)5-13(6-10)17(15,16)9-3-2-7(11)4-8(9)12/h2-4,14H,5-6,12H2,1H3. The fourth-order valence-electron chi connectivity index (χ4n) is 1.78. The van der Waals surface area contributed by atoms with Gasteiger partial charge >= 0.3 is 0 Å². The number of halogens is 1. The highest BCUT2D eigenvalue weighted by molar-refractivity contribution is 7.89. The minimum atomic E-state index is -3.63. The van der Waals surface area contributed by atoms with Gasteiger partial charge in [-0.2, -0.15) is 4.31 Å². The Bertz CT molecular complexity index is 549. The van der Waals surface area contributed by atoms with Crippen molar-refractivity contribution in [1.82, 2.24) is 4.31 Å². The molecular weight excluding hydrogens is 264 g/mol. The van der Waals surface area contributed by atoms with Gasteiger partial charge in [0.05, 0.1) is 11.3 Å². The van der Waals surface area contributed by atoms with E-state index in [0.717, 1.165) is 0 Å². The number of hydrogen-bond acceptors (Lipinski definition) is 4. The fraction of sp³-hybridized carbons (Fsp3) is 0.400. The summed E-state index contributed by atoms with van der Waals surface area (Å²) in [5.41, 5.74) is 4.80. The number of benzene rings is 1. The number of nitrogens with zero attached hydrogens (tertiary/aromatic N) is 1. The van der Waals surface area contributed by atoms with E-state index in [1.54, 1.807) is 6.92 Å². The topological polar surface area (TPSA) is 83.6 Å². The molecule has 1 aliphatic heterocycles. The molecule has 0 amide bonds. The van der Waals surface area contributed by atoms with Crippen LogP contribution in [0.5, 0.6) is 0 Å². The highest BCUT2D eigenvalue weighted by Gasteiger charge is 2.44. The Morgan fingerprint density at radius 1 is 1.47 bits per heavy atom. The highest BCUT2D eigenvalue weighted by Crippen LogP contribution is 2.31. The van der Waals surface area contributed by atoms with Crippen molar-refractivity contribution in [2.75, 3.05) is 18.8 Å². The van der Waals surface area contributed by atoms with Crippen LogP contribution in [-0.2, 0) is 10.0 Å². The molecule has 17 heavy (non-hydrogen) atoms. The molecule has 0 radical (unpaired) electrons. The average Bonchev–Trinajstić information content (AvgIpc) is 2.13. The van der Waals surface area contributed by atoms with Crippen molar-refractivity contribution in [3.05, 3.63) is 23.2 Å². The normalized spacial score (nSPS) is 19.9. The predicted molar refractivity (Wildman–Crippen MR) is 65.2 cm³/mol. The highest BCUT2D eigenvalue weighted by atomic mass is 35.5. The van der Waals surface area contributed by atoms with Crippen molar-refractivity contribution in [2.24, 2.45) is 0 Å². The van der Waals surface area contributed by atoms with Crippen molar-refractivity contribution >= 4 is 27.3 Å². The first-order valence-corrected chi connectivity index (χ1v) is 6.82. The van der Waals surface area contributed by atoms with Gasteiger partial charge in [0, 0.05) is 18.1 Å². The van der Waals surface area contributed by atoms with Gasteiger partial charge in [0.15, 0.2) is 0 Å². The van der Waals surface area contributed by atoms with E-state index < -0.39 is 15.6 Å². The zero-order chi connectivity index (χ0) is 12.8. The number of aliphatic hydroxyl groups is 1. The van der Waals surface area contributed by atoms with Crippen LogP contribution in [0.25, 0.3) is 0 Å². The maximum Gasteiger partial charge on any atom is 0.245 e. The SMILES string of the molecule is CC1(O)CN(S(=O)(=O)c2ccc(Cl)cc2N)C1. The number of hydrogen-bond donors (Lipinski definition) is 2. The first kappa shape index (κ1) is 12.6. The number of nitrogen functional groups attached to an aromatic ring is 1. The molecule has 1 saturated heterocycles. The Balaban J connectivity index is 2.34. The molecule has 3 N–H and O–H groups in total. The lowest BCUT2D eigenvalue weighted by molar-refractivity contribution is -0.0426. The van der Waals surface area contributed by atoms with Gasteiger partial charge in [0.2, 0.25) is 10.0 Å². The quantitative estimate of drug-likeness (QED) is 0.778. The minimum absolute atomic E-state index is 0.0254. The molecule has 1 aromatic carbocycles. The summed E-state index contributed by atoms with van der Waals surface area (Å²) in [5.74, 6) is 0. The molecule has 0 atom stereocenters. The first-order valence-electron chi connectivity index (χ1n) is 5.00. The van der Waals surface area contributed by atoms with Crippen LogP contribution in [0.4, 0.5) is 5.69 Å². The molecule has 1 aliphatic rings. The maximum atomic E-state index is 12.1. The molecule has 2 rings (SSSR count). The summed E-state index contributed by atoms with van der Waals surface area (Å²) in [5, 5.41) is 9.93. The Kier molecular flexibility index (Phi) is 2.86. The fourth-order valence-corrected chi connectivity index (χ4v) is 3.73. The first-order chi connectivity index (χ1) is 7.72. The van der Waals surface area contributed by atoms with Crippen LogP contribution in [-0.4, -0.2) is 36.5 Å². The maximum absolute atomic E-state index is 12.1. The Morgan fingerprint density at radius 3 is 2.53 bits per heavy atom. The number of sulfonamides is 1. The number of anilines is 1. The van der Waals surface area contributed by atoms with E-state index in [-0.39, 0.29) is 23.7 Å². The average molecular weight is 277 g/mol. The third-order valence-electron chi connectivity index (χ3n) is 2.62. The summed E-state index contributed by atoms with van der Waals surface area (Å²) >= 11 is 5.71. The summed E-state index contributed by atoms with van der Waals surface area (Å²) in [6, 6.07) is 4.25. The molecule has 0 unspecified atom stereocenters. The van der Waals surface area contributed by atoms with Crippen LogP contribution >= 0.6 is 11.6 Å². The van der Waals surface area contributed by atoms with E-state index in [1.807, 2.05) is 0 Å². The molecule has 0 aromatic heterocycles. The molecule has 0 bridgehead atoms. The molecule has 5 nitrogen and oxygen atoms in total. The van der Waals surface area contributed by atoms with Gasteiger partial charge in [-0.3, -0.25) is 0 Å². The van der Waals surface area contributed by atoms with Crippen LogP contribution < -0.4 is 5.73 Å². The second-order valence-electron chi connectivity index (χ2n) is 4.45. The van der Waals surface area contributed by atoms with Crippen LogP contribution in [0, 0.1) is 0 Å². The zero-order valence-electron chi connectivity index (χ0n) is 9.22. The van der Waals surface area contributed by atoms with Crippen molar-refractivity contribution in [3.63, 3.8) is 0 Å². The third-order valence-corrected chi connectivity index (χ3v) is 4.72. The minimum Gasteiger partial charge on any atom is -0.398 e. The van der Waals surface area contributed by atoms with Crippen LogP contribution in [0.15, 0.2) is 23.1 Å². The van der Waals surface area contributed by atoms with E-state index in [2.05, 4.69) is 0 Å². The molecule has 0 spiro atoms. The van der Waals surface area contributed by atoms with Gasteiger partial charge in [-0.05, 0) is 25.1 Å². The predicted octanol–water partition coefficient (Wildman–Crippen LogP) is 0.677. The molecule has 0 saturated carbocycles. The largest absolute Gasteiger partial charge is 0.398 e. The summed E-state index contributed by atoms with van der Waals surface area (Å²) in [4.78, 5) is 0.0254. The number of β-amino-alcohol motifs (C(OH)–C–C–N with tert-alkyl or cyclic N) is 1. The zero-order valence-corrected chi connectivity index (χ0v) is 10.8. The molecule has 1 fully saturated rings. The molecule has 94 valence electrons. The Labute approximate surface area is 105 Å². The van der Waals surface area contributed by atoms with E-state index in [4.69, 9.17) is 17.3 Å². The van der Waals surface area contributed by atoms with Crippen LogP contribution in [0.3, 0.4) is 0 Å². The van der Waals surface area contributed by atoms with Gasteiger partial charge < -0.3 is 10.8 Å². The van der Waals surface area contributed by atoms with Crippen LogP contribution in [0.1, 0.15) is 6.92 Å². The molecule has 1 heterocycles. The lowest BCUT2D eigenvalue weighted by Crippen LogP contribution is -2.61. The molecule has 0 aliphatic carbocycles. The van der Waals surface area contributed by atoms with Gasteiger partial charge in [0.25, 0.3) is 0 Å². The monoisotopic (exact) mass is 276 g/mol. The second kappa shape index (κ2) is 3.84. The summed E-state index contributed by atoms with van der Waals surface area (Å²) in [6.07, 6.45) is 0. The number of rotatable bonds is 2. The van der Waals surface area contributed by atoms with Crippen molar-refractivity contribution in [1.29, 1.82) is 0 Å². The lowest BCUT2D eigenvalue weighted by Gasteiger charge is -2.42. The van der Waals surface area contributed by atoms with E-state index in [1.165, 1.54) is 22.5 Å². The van der Waals surface area contributed by atoms with Crippen molar-refractivity contribution < 1.29 is 13.5 Å². The number of nitrogens with two attached hydrogens (primary N) is 1. The molecule has 7 heteroatoms. The summed E-state index contributed by atoms with van der Waals surface area (Å²) in [6.45, 7) is 1.75. The molecule has 1 aromatic rings. The second-order valence-corrected chi connectivity index (χ2v) is 6.79. The van der Waals surface area contributed by atoms with E-state index in [0.29, 0.717) is 5.02 Å². The van der Waals surface area contributed by atoms with E-state index in [9.17, 15) is 13.5 Å². The van der Waals surface area contributed by atoms with Gasteiger partial charge in [-0.25, -0.2) is 8.42 Å². The Hall–Kier alpha value is -0.820. The van der Waals surface area contributed by atoms with Gasteiger partial charge in [0.1, 0.15) is 4.90 Å².